The Labute approximate surface area is 220 Å². The van der Waals surface area contributed by atoms with Crippen LogP contribution in [0.25, 0.3) is 16.6 Å². The molecule has 0 radical (unpaired) electrons. The van der Waals surface area contributed by atoms with Crippen molar-refractivity contribution in [1.82, 2.24) is 29.4 Å². The first-order chi connectivity index (χ1) is 18.6. The van der Waals surface area contributed by atoms with Crippen molar-refractivity contribution in [1.29, 1.82) is 0 Å². The molecule has 14 heteroatoms. The quantitative estimate of drug-likeness (QED) is 0.362. The van der Waals surface area contributed by atoms with Crippen LogP contribution in [-0.2, 0) is 6.18 Å². The summed E-state index contributed by atoms with van der Waals surface area (Å²) < 4.78 is 40.2. The van der Waals surface area contributed by atoms with Gasteiger partial charge in [-0.3, -0.25) is 10.1 Å². The first kappa shape index (κ1) is 25.9. The molecule has 4 heterocycles. The molecule has 1 aliphatic heterocycles. The number of anilines is 3. The van der Waals surface area contributed by atoms with Crippen LogP contribution in [0, 0.1) is 0 Å². The Morgan fingerprint density at radius 1 is 1.00 bits per heavy atom. The Morgan fingerprint density at radius 2 is 1.72 bits per heavy atom. The van der Waals surface area contributed by atoms with Gasteiger partial charge in [0.05, 0.1) is 5.56 Å². The van der Waals surface area contributed by atoms with Gasteiger partial charge in [0.1, 0.15) is 23.4 Å². The molecule has 1 aromatic carbocycles. The molecule has 3 amide bonds. The summed E-state index contributed by atoms with van der Waals surface area (Å²) >= 11 is 0. The van der Waals surface area contributed by atoms with Crippen LogP contribution in [-0.4, -0.2) is 74.5 Å². The smallest absolute Gasteiger partial charge is 0.382 e. The van der Waals surface area contributed by atoms with Gasteiger partial charge in [0.25, 0.3) is 5.91 Å². The zero-order valence-electron chi connectivity index (χ0n) is 20.7. The number of rotatable bonds is 4. The average molecular weight is 540 g/mol. The molecule has 0 bridgehead atoms. The lowest BCUT2D eigenvalue weighted by atomic mass is 10.0. The van der Waals surface area contributed by atoms with E-state index in [0.717, 1.165) is 25.2 Å². The minimum Gasteiger partial charge on any atom is -0.382 e. The zero-order chi connectivity index (χ0) is 27.7. The molecule has 39 heavy (non-hydrogen) atoms. The maximum absolute atomic E-state index is 13.5. The summed E-state index contributed by atoms with van der Waals surface area (Å²) in [6.07, 6.45) is -1.70. The van der Waals surface area contributed by atoms with Crippen molar-refractivity contribution in [3.8, 4) is 11.1 Å². The highest BCUT2D eigenvalue weighted by molar-refractivity contribution is 6.07. The minimum absolute atomic E-state index is 0.154. The fourth-order valence-corrected chi connectivity index (χ4v) is 4.33. The number of piperazine rings is 1. The number of nitrogen functional groups attached to an aromatic ring is 1. The van der Waals surface area contributed by atoms with Crippen molar-refractivity contribution in [3.05, 3.63) is 66.2 Å². The Balaban J connectivity index is 1.39. The minimum atomic E-state index is -4.63. The maximum atomic E-state index is 13.5. The summed E-state index contributed by atoms with van der Waals surface area (Å²) in [6, 6.07) is 9.03. The predicted molar refractivity (Wildman–Crippen MR) is 138 cm³/mol. The number of halogens is 3. The van der Waals surface area contributed by atoms with Crippen molar-refractivity contribution in [3.63, 3.8) is 0 Å². The molecule has 0 unspecified atom stereocenters. The van der Waals surface area contributed by atoms with Crippen molar-refractivity contribution in [2.45, 2.75) is 6.18 Å². The number of carbonyl (C=O) groups excluding carboxylic acids is 2. The van der Waals surface area contributed by atoms with Gasteiger partial charge in [-0.25, -0.2) is 19.3 Å². The van der Waals surface area contributed by atoms with Crippen LogP contribution in [0.15, 0.2) is 55.0 Å². The Hall–Kier alpha value is -4.72. The van der Waals surface area contributed by atoms with E-state index in [1.165, 1.54) is 16.9 Å². The molecular formula is C25H24F3N9O2. The standard InChI is InChI=1S/C25H24F3N9O2/c1-35-9-11-36(12-10-35)23(38)17-13-37-21(22(29)30-14-31-37)20(17)15-5-7-16(8-6-15)32-24(39)34-19-4-2-3-18(33-19)25(26,27)28/h2-8,13-14H,9-12H2,1H3,(H2,29,30,31)(H2,32,33,34,39). The Kier molecular flexibility index (Phi) is 6.78. The number of nitrogens with two attached hydrogens (primary N) is 1. The molecule has 5 rings (SSSR count). The van der Waals surface area contributed by atoms with Gasteiger partial charge in [-0.05, 0) is 36.9 Å². The second-order valence-corrected chi connectivity index (χ2v) is 9.01. The van der Waals surface area contributed by atoms with Gasteiger partial charge in [0, 0.05) is 43.6 Å². The number of carbonyl (C=O) groups is 2. The van der Waals surface area contributed by atoms with E-state index in [2.05, 4.69) is 30.6 Å². The Morgan fingerprint density at radius 3 is 2.41 bits per heavy atom. The molecule has 3 aromatic heterocycles. The summed E-state index contributed by atoms with van der Waals surface area (Å²) in [5.41, 5.74) is 7.50. The monoisotopic (exact) mass is 539 g/mol. The average Bonchev–Trinajstić information content (AvgIpc) is 3.30. The van der Waals surface area contributed by atoms with E-state index in [-0.39, 0.29) is 17.5 Å². The van der Waals surface area contributed by atoms with E-state index in [1.807, 2.05) is 7.05 Å². The molecule has 4 N–H and O–H groups in total. The number of urea groups is 1. The number of hydrogen-bond acceptors (Lipinski definition) is 7. The van der Waals surface area contributed by atoms with Gasteiger partial charge >= 0.3 is 12.2 Å². The first-order valence-corrected chi connectivity index (χ1v) is 11.9. The van der Waals surface area contributed by atoms with Crippen LogP contribution >= 0.6 is 0 Å². The number of benzene rings is 1. The largest absolute Gasteiger partial charge is 0.433 e. The van der Waals surface area contributed by atoms with Gasteiger partial charge < -0.3 is 20.9 Å². The van der Waals surface area contributed by atoms with Crippen LogP contribution in [0.5, 0.6) is 0 Å². The van der Waals surface area contributed by atoms with Crippen molar-refractivity contribution >= 4 is 34.8 Å². The number of hydrogen-bond donors (Lipinski definition) is 3. The second-order valence-electron chi connectivity index (χ2n) is 9.01. The normalized spacial score (nSPS) is 14.4. The van der Waals surface area contributed by atoms with Gasteiger partial charge in [-0.15, -0.1) is 0 Å². The molecule has 0 saturated carbocycles. The summed E-state index contributed by atoms with van der Waals surface area (Å²) in [5, 5.41) is 9.06. The van der Waals surface area contributed by atoms with Crippen LogP contribution in [0.4, 0.5) is 35.3 Å². The van der Waals surface area contributed by atoms with Crippen LogP contribution in [0.1, 0.15) is 16.1 Å². The topological polar surface area (TPSA) is 134 Å². The number of fused-ring (bicyclic) bond motifs is 1. The lowest BCUT2D eigenvalue weighted by Gasteiger charge is -2.32. The highest BCUT2D eigenvalue weighted by Gasteiger charge is 2.32. The lowest BCUT2D eigenvalue weighted by molar-refractivity contribution is -0.141. The molecular weight excluding hydrogens is 515 g/mol. The van der Waals surface area contributed by atoms with E-state index in [0.29, 0.717) is 41.0 Å². The molecule has 1 fully saturated rings. The third kappa shape index (κ3) is 5.45. The van der Waals surface area contributed by atoms with E-state index in [4.69, 9.17) is 5.73 Å². The van der Waals surface area contributed by atoms with E-state index >= 15 is 0 Å². The third-order valence-electron chi connectivity index (χ3n) is 6.34. The fourth-order valence-electron chi connectivity index (χ4n) is 4.33. The van der Waals surface area contributed by atoms with Gasteiger partial charge in [0.15, 0.2) is 5.82 Å². The summed E-state index contributed by atoms with van der Waals surface area (Å²) in [4.78, 5) is 37.3. The van der Waals surface area contributed by atoms with Gasteiger partial charge in [0.2, 0.25) is 0 Å². The van der Waals surface area contributed by atoms with Gasteiger partial charge in [-0.2, -0.15) is 18.3 Å². The molecule has 0 atom stereocenters. The second kappa shape index (κ2) is 10.2. The molecule has 11 nitrogen and oxygen atoms in total. The van der Waals surface area contributed by atoms with E-state index < -0.39 is 17.9 Å². The SMILES string of the molecule is CN1CCN(C(=O)c2cn3ncnc(N)c3c2-c2ccc(NC(=O)Nc3cccc(C(F)(F)F)n3)cc2)CC1. The van der Waals surface area contributed by atoms with Crippen LogP contribution < -0.4 is 16.4 Å². The third-order valence-corrected chi connectivity index (χ3v) is 6.34. The van der Waals surface area contributed by atoms with E-state index in [9.17, 15) is 22.8 Å². The molecule has 0 aliphatic carbocycles. The first-order valence-electron chi connectivity index (χ1n) is 11.9. The maximum Gasteiger partial charge on any atom is 0.433 e. The number of nitrogens with one attached hydrogen (secondary N) is 2. The fraction of sp³-hybridized carbons (Fsp3) is 0.240. The van der Waals surface area contributed by atoms with Crippen molar-refractivity contribution in [2.75, 3.05) is 49.6 Å². The highest BCUT2D eigenvalue weighted by Crippen LogP contribution is 2.34. The van der Waals surface area contributed by atoms with Crippen molar-refractivity contribution in [2.24, 2.45) is 0 Å². The van der Waals surface area contributed by atoms with Crippen LogP contribution in [0.2, 0.25) is 0 Å². The molecule has 4 aromatic rings. The predicted octanol–water partition coefficient (Wildman–Crippen LogP) is 3.42. The molecule has 1 saturated heterocycles. The summed E-state index contributed by atoms with van der Waals surface area (Å²) in [5.74, 6) is -0.201. The molecule has 1 aliphatic rings. The number of aromatic nitrogens is 4. The van der Waals surface area contributed by atoms with Gasteiger partial charge in [-0.1, -0.05) is 18.2 Å². The molecule has 0 spiro atoms. The molecule has 202 valence electrons. The Bertz CT molecular complexity index is 1530. The highest BCUT2D eigenvalue weighted by atomic mass is 19.4. The van der Waals surface area contributed by atoms with Crippen LogP contribution in [0.3, 0.4) is 0 Å². The number of likely N-dealkylation sites (N-methyl/N-ethyl adjacent to an activating group) is 1. The zero-order valence-corrected chi connectivity index (χ0v) is 20.7. The van der Waals surface area contributed by atoms with Crippen molar-refractivity contribution < 1.29 is 22.8 Å². The number of pyridine rings is 1. The number of alkyl halides is 3. The lowest BCUT2D eigenvalue weighted by Crippen LogP contribution is -2.47. The number of amides is 3. The van der Waals surface area contributed by atoms with E-state index in [1.54, 1.807) is 35.4 Å². The summed E-state index contributed by atoms with van der Waals surface area (Å²) in [7, 11) is 2.00. The number of nitrogens with zero attached hydrogens (tertiary/aromatic N) is 6. The summed E-state index contributed by atoms with van der Waals surface area (Å²) in [6.45, 7) is 2.69.